The Morgan fingerprint density at radius 2 is 2.22 bits per heavy atom. The predicted molar refractivity (Wildman–Crippen MR) is 71.9 cm³/mol. The van der Waals surface area contributed by atoms with Crippen molar-refractivity contribution in [3.8, 4) is 0 Å². The summed E-state index contributed by atoms with van der Waals surface area (Å²) in [5.74, 6) is 5.27. The fraction of sp³-hybridized carbons (Fsp3) is 0.538. The lowest BCUT2D eigenvalue weighted by Gasteiger charge is -2.35. The topological polar surface area (TPSA) is 47.3 Å². The van der Waals surface area contributed by atoms with E-state index in [1.165, 1.54) is 12.1 Å². The quantitative estimate of drug-likeness (QED) is 0.619. The molecule has 1 aromatic carbocycles. The number of benzene rings is 1. The van der Waals surface area contributed by atoms with E-state index in [1.807, 2.05) is 13.8 Å². The normalized spacial score (nSPS) is 16.3. The van der Waals surface area contributed by atoms with E-state index < -0.39 is 5.60 Å². The summed E-state index contributed by atoms with van der Waals surface area (Å²) in [6.45, 7) is 3.98. The van der Waals surface area contributed by atoms with Gasteiger partial charge in [-0.15, -0.1) is 0 Å². The van der Waals surface area contributed by atoms with Crippen molar-refractivity contribution in [3.63, 3.8) is 0 Å². The number of nitrogens with two attached hydrogens (primary N) is 1. The van der Waals surface area contributed by atoms with Gasteiger partial charge in [0, 0.05) is 12.1 Å². The van der Waals surface area contributed by atoms with Gasteiger partial charge < -0.3 is 4.74 Å². The molecule has 0 saturated heterocycles. The minimum Gasteiger partial charge on any atom is -0.377 e. The van der Waals surface area contributed by atoms with Gasteiger partial charge in [-0.1, -0.05) is 18.5 Å². The third-order valence-electron chi connectivity index (χ3n) is 3.54. The van der Waals surface area contributed by atoms with E-state index in [0.717, 1.165) is 12.0 Å². The SMILES string of the molecule is CCC(C)(OC)C(Cc1cc(F)ccc1Cl)NN. The van der Waals surface area contributed by atoms with Gasteiger partial charge in [0.15, 0.2) is 0 Å². The first-order valence-corrected chi connectivity index (χ1v) is 6.29. The van der Waals surface area contributed by atoms with E-state index in [1.54, 1.807) is 13.2 Å². The highest BCUT2D eigenvalue weighted by Gasteiger charge is 2.32. The maximum atomic E-state index is 13.2. The second-order valence-corrected chi connectivity index (χ2v) is 4.94. The van der Waals surface area contributed by atoms with Crippen LogP contribution in [0.2, 0.25) is 5.02 Å². The minimum atomic E-state index is -0.426. The Bertz CT molecular complexity index is 397. The van der Waals surface area contributed by atoms with E-state index in [9.17, 15) is 4.39 Å². The summed E-state index contributed by atoms with van der Waals surface area (Å²) in [6.07, 6.45) is 1.29. The fourth-order valence-electron chi connectivity index (χ4n) is 1.90. The Hall–Kier alpha value is -0.680. The number of halogens is 2. The fourth-order valence-corrected chi connectivity index (χ4v) is 2.10. The minimum absolute atomic E-state index is 0.146. The molecular weight excluding hydrogens is 255 g/mol. The van der Waals surface area contributed by atoms with Crippen LogP contribution in [-0.2, 0) is 11.2 Å². The molecule has 18 heavy (non-hydrogen) atoms. The molecular formula is C13H20ClFN2O. The van der Waals surface area contributed by atoms with Crippen LogP contribution >= 0.6 is 11.6 Å². The second kappa shape index (κ2) is 6.48. The zero-order chi connectivity index (χ0) is 13.8. The van der Waals surface area contributed by atoms with E-state index in [2.05, 4.69) is 5.43 Å². The molecule has 0 bridgehead atoms. The van der Waals surface area contributed by atoms with Crippen LogP contribution in [0.1, 0.15) is 25.8 Å². The molecule has 2 unspecified atom stereocenters. The zero-order valence-electron chi connectivity index (χ0n) is 11.0. The lowest BCUT2D eigenvalue weighted by Crippen LogP contribution is -2.53. The van der Waals surface area contributed by atoms with Crippen molar-refractivity contribution in [2.45, 2.75) is 38.3 Å². The molecule has 0 aliphatic carbocycles. The zero-order valence-corrected chi connectivity index (χ0v) is 11.7. The summed E-state index contributed by atoms with van der Waals surface area (Å²) < 4.78 is 18.7. The van der Waals surface area contributed by atoms with Crippen LogP contribution < -0.4 is 11.3 Å². The average molecular weight is 275 g/mol. The number of nitrogens with one attached hydrogen (secondary N) is 1. The summed E-state index contributed by atoms with van der Waals surface area (Å²) in [4.78, 5) is 0. The first-order valence-electron chi connectivity index (χ1n) is 5.92. The van der Waals surface area contributed by atoms with Gasteiger partial charge in [0.25, 0.3) is 0 Å². The predicted octanol–water partition coefficient (Wildman–Crippen LogP) is 2.67. The third-order valence-corrected chi connectivity index (χ3v) is 3.91. The van der Waals surface area contributed by atoms with E-state index in [4.69, 9.17) is 22.2 Å². The number of hydrogen-bond acceptors (Lipinski definition) is 3. The maximum Gasteiger partial charge on any atom is 0.123 e. The Kier molecular flexibility index (Phi) is 5.53. The molecule has 3 N–H and O–H groups in total. The molecule has 0 heterocycles. The van der Waals surface area contributed by atoms with Crippen molar-refractivity contribution >= 4 is 11.6 Å². The summed E-state index contributed by atoms with van der Waals surface area (Å²) in [6, 6.07) is 4.17. The van der Waals surface area contributed by atoms with Gasteiger partial charge in [0.2, 0.25) is 0 Å². The monoisotopic (exact) mass is 274 g/mol. The molecule has 1 aromatic rings. The van der Waals surface area contributed by atoms with Crippen molar-refractivity contribution in [1.82, 2.24) is 5.43 Å². The molecule has 102 valence electrons. The standard InChI is InChI=1S/C13H20ClFN2O/c1-4-13(2,18-3)12(17-16)8-9-7-10(15)5-6-11(9)14/h5-7,12,17H,4,8,16H2,1-3H3. The summed E-state index contributed by atoms with van der Waals surface area (Å²) in [5.41, 5.74) is 3.03. The molecule has 0 saturated carbocycles. The van der Waals surface area contributed by atoms with E-state index in [-0.39, 0.29) is 11.9 Å². The van der Waals surface area contributed by atoms with Gasteiger partial charge in [-0.2, -0.15) is 0 Å². The molecule has 0 aliphatic heterocycles. The van der Waals surface area contributed by atoms with Gasteiger partial charge in [-0.25, -0.2) is 4.39 Å². The lowest BCUT2D eigenvalue weighted by molar-refractivity contribution is -0.0288. The number of rotatable bonds is 6. The van der Waals surface area contributed by atoms with Crippen LogP contribution in [0, 0.1) is 5.82 Å². The Morgan fingerprint density at radius 1 is 1.56 bits per heavy atom. The molecule has 3 nitrogen and oxygen atoms in total. The van der Waals surface area contributed by atoms with Gasteiger partial charge in [-0.3, -0.25) is 11.3 Å². The second-order valence-electron chi connectivity index (χ2n) is 4.53. The Balaban J connectivity index is 2.95. The summed E-state index contributed by atoms with van der Waals surface area (Å²) in [5, 5.41) is 0.534. The van der Waals surface area contributed by atoms with Crippen LogP contribution in [0.25, 0.3) is 0 Å². The molecule has 5 heteroatoms. The molecule has 2 atom stereocenters. The number of hydrogen-bond donors (Lipinski definition) is 2. The van der Waals surface area contributed by atoms with Gasteiger partial charge >= 0.3 is 0 Å². The summed E-state index contributed by atoms with van der Waals surface area (Å²) in [7, 11) is 1.64. The van der Waals surface area contributed by atoms with Crippen molar-refractivity contribution in [2.75, 3.05) is 7.11 Å². The number of hydrazine groups is 1. The molecule has 0 aliphatic rings. The molecule has 0 aromatic heterocycles. The smallest absolute Gasteiger partial charge is 0.123 e. The van der Waals surface area contributed by atoms with Crippen molar-refractivity contribution < 1.29 is 9.13 Å². The van der Waals surface area contributed by atoms with E-state index >= 15 is 0 Å². The van der Waals surface area contributed by atoms with E-state index in [0.29, 0.717) is 11.4 Å². The molecule has 0 spiro atoms. The largest absolute Gasteiger partial charge is 0.377 e. The third kappa shape index (κ3) is 3.42. The Labute approximate surface area is 112 Å². The number of methoxy groups -OCH3 is 1. The average Bonchev–Trinajstić information content (AvgIpc) is 2.38. The van der Waals surface area contributed by atoms with Crippen molar-refractivity contribution in [3.05, 3.63) is 34.6 Å². The Morgan fingerprint density at radius 3 is 2.72 bits per heavy atom. The van der Waals surface area contributed by atoms with Gasteiger partial charge in [0.1, 0.15) is 5.82 Å². The van der Waals surface area contributed by atoms with Crippen LogP contribution in [0.4, 0.5) is 4.39 Å². The highest BCUT2D eigenvalue weighted by Crippen LogP contribution is 2.25. The van der Waals surface area contributed by atoms with Crippen molar-refractivity contribution in [1.29, 1.82) is 0 Å². The first kappa shape index (κ1) is 15.4. The van der Waals surface area contributed by atoms with Crippen molar-refractivity contribution in [2.24, 2.45) is 5.84 Å². The van der Waals surface area contributed by atoms with Gasteiger partial charge in [-0.05, 0) is 43.5 Å². The molecule has 0 amide bonds. The maximum absolute atomic E-state index is 13.2. The highest BCUT2D eigenvalue weighted by molar-refractivity contribution is 6.31. The van der Waals surface area contributed by atoms with Crippen LogP contribution in [0.3, 0.4) is 0 Å². The summed E-state index contributed by atoms with van der Waals surface area (Å²) >= 11 is 6.06. The lowest BCUT2D eigenvalue weighted by atomic mass is 9.88. The first-order chi connectivity index (χ1) is 8.46. The van der Waals surface area contributed by atoms with Crippen LogP contribution in [-0.4, -0.2) is 18.8 Å². The molecule has 1 rings (SSSR count). The number of ether oxygens (including phenoxy) is 1. The van der Waals surface area contributed by atoms with Crippen LogP contribution in [0.15, 0.2) is 18.2 Å². The molecule has 0 fully saturated rings. The van der Waals surface area contributed by atoms with Crippen LogP contribution in [0.5, 0.6) is 0 Å². The van der Waals surface area contributed by atoms with Gasteiger partial charge in [0.05, 0.1) is 11.6 Å². The molecule has 0 radical (unpaired) electrons. The highest BCUT2D eigenvalue weighted by atomic mass is 35.5.